The monoisotopic (exact) mass is 280 g/mol. The molecule has 1 aliphatic carbocycles. The molecule has 2 nitrogen and oxygen atoms in total. The molecule has 0 spiro atoms. The lowest BCUT2D eigenvalue weighted by molar-refractivity contribution is 0.0520. The molecular formula is C18H36N2. The zero-order valence-electron chi connectivity index (χ0n) is 13.5. The summed E-state index contributed by atoms with van der Waals surface area (Å²) in [5, 5.41) is 0. The van der Waals surface area contributed by atoms with Crippen LogP contribution in [0.3, 0.4) is 0 Å². The van der Waals surface area contributed by atoms with Crippen molar-refractivity contribution in [3.05, 3.63) is 0 Å². The van der Waals surface area contributed by atoms with Crippen LogP contribution in [0.2, 0.25) is 0 Å². The smallest absolute Gasteiger partial charge is 0.0331 e. The molecule has 20 heavy (non-hydrogen) atoms. The van der Waals surface area contributed by atoms with E-state index < -0.39 is 0 Å². The maximum atomic E-state index is 6.31. The summed E-state index contributed by atoms with van der Waals surface area (Å²) in [6, 6.07) is 0. The molecule has 0 aromatic rings. The first kappa shape index (κ1) is 16.3. The molecule has 1 heterocycles. The van der Waals surface area contributed by atoms with Crippen LogP contribution in [0.25, 0.3) is 0 Å². The van der Waals surface area contributed by atoms with Crippen LogP contribution >= 0.6 is 0 Å². The van der Waals surface area contributed by atoms with Crippen molar-refractivity contribution in [2.45, 2.75) is 95.4 Å². The molecule has 0 bridgehead atoms. The molecule has 2 fully saturated rings. The highest BCUT2D eigenvalue weighted by Crippen LogP contribution is 2.32. The third-order valence-corrected chi connectivity index (χ3v) is 5.69. The van der Waals surface area contributed by atoms with E-state index in [2.05, 4.69) is 4.90 Å². The van der Waals surface area contributed by atoms with Crippen molar-refractivity contribution in [2.75, 3.05) is 19.6 Å². The Hall–Kier alpha value is -0.0800. The molecule has 2 N–H and O–H groups in total. The molecule has 0 unspecified atom stereocenters. The Morgan fingerprint density at radius 2 is 1.00 bits per heavy atom. The molecule has 1 aliphatic heterocycles. The van der Waals surface area contributed by atoms with Crippen molar-refractivity contribution >= 4 is 0 Å². The van der Waals surface area contributed by atoms with E-state index in [0.29, 0.717) is 5.54 Å². The maximum Gasteiger partial charge on any atom is 0.0331 e. The summed E-state index contributed by atoms with van der Waals surface area (Å²) < 4.78 is 0. The standard InChI is InChI=1S/C18H36N2/c19-17-18(20-15-11-8-12-16-20)13-9-6-4-2-1-3-5-7-10-14-18/h1-17,19H2. The summed E-state index contributed by atoms with van der Waals surface area (Å²) in [6.45, 7) is 3.49. The Balaban J connectivity index is 1.96. The Labute approximate surface area is 126 Å². The molecule has 0 aromatic carbocycles. The van der Waals surface area contributed by atoms with Crippen LogP contribution in [-0.2, 0) is 0 Å². The molecule has 118 valence electrons. The molecule has 1 saturated carbocycles. The highest BCUT2D eigenvalue weighted by molar-refractivity contribution is 4.93. The summed E-state index contributed by atoms with van der Waals surface area (Å²) >= 11 is 0. The Bertz CT molecular complexity index is 234. The largest absolute Gasteiger partial charge is 0.329 e. The van der Waals surface area contributed by atoms with Crippen molar-refractivity contribution in [3.63, 3.8) is 0 Å². The fraction of sp³-hybridized carbons (Fsp3) is 1.00. The first-order valence-electron chi connectivity index (χ1n) is 9.32. The quantitative estimate of drug-likeness (QED) is 0.808. The Morgan fingerprint density at radius 1 is 0.600 bits per heavy atom. The molecule has 0 atom stereocenters. The van der Waals surface area contributed by atoms with Gasteiger partial charge in [-0.2, -0.15) is 0 Å². The second-order valence-corrected chi connectivity index (χ2v) is 7.16. The maximum absolute atomic E-state index is 6.31. The lowest BCUT2D eigenvalue weighted by atomic mass is 9.82. The lowest BCUT2D eigenvalue weighted by Gasteiger charge is -2.46. The molecule has 0 aromatic heterocycles. The van der Waals surface area contributed by atoms with Crippen LogP contribution in [0.5, 0.6) is 0 Å². The number of hydrogen-bond acceptors (Lipinski definition) is 2. The van der Waals surface area contributed by atoms with E-state index in [-0.39, 0.29) is 0 Å². The third kappa shape index (κ3) is 4.73. The van der Waals surface area contributed by atoms with Crippen LogP contribution < -0.4 is 5.73 Å². The van der Waals surface area contributed by atoms with Gasteiger partial charge in [-0.25, -0.2) is 0 Å². The minimum atomic E-state index is 0.347. The van der Waals surface area contributed by atoms with Gasteiger partial charge in [-0.1, -0.05) is 64.2 Å². The van der Waals surface area contributed by atoms with Crippen molar-refractivity contribution in [1.82, 2.24) is 4.90 Å². The number of nitrogens with two attached hydrogens (primary N) is 1. The van der Waals surface area contributed by atoms with Gasteiger partial charge < -0.3 is 5.73 Å². The first-order valence-corrected chi connectivity index (χ1v) is 9.32. The van der Waals surface area contributed by atoms with Crippen LogP contribution in [0, 0.1) is 0 Å². The molecule has 0 amide bonds. The van der Waals surface area contributed by atoms with Crippen molar-refractivity contribution in [2.24, 2.45) is 5.73 Å². The van der Waals surface area contributed by atoms with Gasteiger partial charge in [-0.3, -0.25) is 4.90 Å². The summed E-state index contributed by atoms with van der Waals surface area (Å²) in [5.74, 6) is 0. The predicted octanol–water partition coefficient (Wildman–Crippen LogP) is 4.47. The van der Waals surface area contributed by atoms with Crippen LogP contribution in [-0.4, -0.2) is 30.1 Å². The molecule has 2 aliphatic rings. The number of nitrogens with zero attached hydrogens (tertiary/aromatic N) is 1. The van der Waals surface area contributed by atoms with E-state index in [0.717, 1.165) is 6.54 Å². The molecule has 2 rings (SSSR count). The third-order valence-electron chi connectivity index (χ3n) is 5.69. The van der Waals surface area contributed by atoms with E-state index in [1.165, 1.54) is 103 Å². The topological polar surface area (TPSA) is 29.3 Å². The van der Waals surface area contributed by atoms with Crippen LogP contribution in [0.4, 0.5) is 0 Å². The summed E-state index contributed by atoms with van der Waals surface area (Å²) in [7, 11) is 0. The Kier molecular flexibility index (Phi) is 7.37. The first-order chi connectivity index (χ1) is 9.87. The highest BCUT2D eigenvalue weighted by atomic mass is 15.2. The number of hydrogen-bond donors (Lipinski definition) is 1. The second kappa shape index (κ2) is 9.04. The number of rotatable bonds is 2. The van der Waals surface area contributed by atoms with Gasteiger partial charge in [0.05, 0.1) is 0 Å². The van der Waals surface area contributed by atoms with Crippen LogP contribution in [0.1, 0.15) is 89.9 Å². The molecule has 2 heteroatoms. The van der Waals surface area contributed by atoms with Gasteiger partial charge in [0, 0.05) is 12.1 Å². The fourth-order valence-electron chi connectivity index (χ4n) is 4.29. The average molecular weight is 280 g/mol. The lowest BCUT2D eigenvalue weighted by Crippen LogP contribution is -2.55. The second-order valence-electron chi connectivity index (χ2n) is 7.16. The van der Waals surface area contributed by atoms with Gasteiger partial charge in [0.25, 0.3) is 0 Å². The van der Waals surface area contributed by atoms with Gasteiger partial charge in [-0.15, -0.1) is 0 Å². The molecule has 0 radical (unpaired) electrons. The van der Waals surface area contributed by atoms with Gasteiger partial charge in [-0.05, 0) is 38.8 Å². The number of likely N-dealkylation sites (tertiary alicyclic amines) is 1. The minimum absolute atomic E-state index is 0.347. The summed E-state index contributed by atoms with van der Waals surface area (Å²) in [5.41, 5.74) is 6.65. The van der Waals surface area contributed by atoms with Gasteiger partial charge in [0.1, 0.15) is 0 Å². The van der Waals surface area contributed by atoms with Gasteiger partial charge in [0.15, 0.2) is 0 Å². The fourth-order valence-corrected chi connectivity index (χ4v) is 4.29. The highest BCUT2D eigenvalue weighted by Gasteiger charge is 2.34. The van der Waals surface area contributed by atoms with E-state index in [4.69, 9.17) is 5.73 Å². The van der Waals surface area contributed by atoms with Crippen molar-refractivity contribution < 1.29 is 0 Å². The SMILES string of the molecule is NCC1(N2CCCCC2)CCCCCCCCCCC1. The van der Waals surface area contributed by atoms with Crippen molar-refractivity contribution in [1.29, 1.82) is 0 Å². The summed E-state index contributed by atoms with van der Waals surface area (Å²) in [4.78, 5) is 2.78. The Morgan fingerprint density at radius 3 is 1.45 bits per heavy atom. The van der Waals surface area contributed by atoms with Crippen LogP contribution in [0.15, 0.2) is 0 Å². The normalized spacial score (nSPS) is 27.4. The van der Waals surface area contributed by atoms with E-state index in [9.17, 15) is 0 Å². The van der Waals surface area contributed by atoms with E-state index >= 15 is 0 Å². The predicted molar refractivity (Wildman–Crippen MR) is 88.0 cm³/mol. The van der Waals surface area contributed by atoms with E-state index in [1.54, 1.807) is 0 Å². The van der Waals surface area contributed by atoms with Crippen molar-refractivity contribution in [3.8, 4) is 0 Å². The van der Waals surface area contributed by atoms with Gasteiger partial charge >= 0.3 is 0 Å². The number of piperidine rings is 1. The summed E-state index contributed by atoms with van der Waals surface area (Å²) in [6.07, 6.45) is 19.8. The average Bonchev–Trinajstić information content (AvgIpc) is 2.49. The minimum Gasteiger partial charge on any atom is -0.329 e. The molecule has 1 saturated heterocycles. The molecular weight excluding hydrogens is 244 g/mol. The zero-order valence-corrected chi connectivity index (χ0v) is 13.5. The zero-order chi connectivity index (χ0) is 14.1. The van der Waals surface area contributed by atoms with Gasteiger partial charge in [0.2, 0.25) is 0 Å². The van der Waals surface area contributed by atoms with E-state index in [1.807, 2.05) is 0 Å².